The molecule has 0 aromatic carbocycles. The van der Waals surface area contributed by atoms with Gasteiger partial charge in [-0.2, -0.15) is 0 Å². The lowest BCUT2D eigenvalue weighted by Crippen LogP contribution is -2.42. The summed E-state index contributed by atoms with van der Waals surface area (Å²) in [5, 5.41) is 0. The van der Waals surface area contributed by atoms with Crippen LogP contribution in [0.1, 0.15) is 11.7 Å². The molecule has 2 rings (SSSR count). The summed E-state index contributed by atoms with van der Waals surface area (Å²) < 4.78 is 8.27. The first kappa shape index (κ1) is 12.0. The van der Waals surface area contributed by atoms with Crippen LogP contribution in [0.25, 0.3) is 0 Å². The molecule has 1 saturated heterocycles. The number of rotatable bonds is 3. The van der Waals surface area contributed by atoms with Crippen molar-refractivity contribution in [3.63, 3.8) is 0 Å². The Balaban J connectivity index is 2.21. The molecule has 90 valence electrons. The Bertz CT molecular complexity index is 329. The Morgan fingerprint density at radius 1 is 1.56 bits per heavy atom. The number of imidazole rings is 1. The van der Waals surface area contributed by atoms with Crippen molar-refractivity contribution in [1.29, 1.82) is 0 Å². The number of morpholine rings is 1. The summed E-state index contributed by atoms with van der Waals surface area (Å²) in [4.78, 5) is 6.60. The highest BCUT2D eigenvalue weighted by Gasteiger charge is 2.25. The first-order valence-electron chi connectivity index (χ1n) is 5.42. The smallest absolute Gasteiger partial charge is 0.128 e. The molecule has 1 aliphatic heterocycles. The van der Waals surface area contributed by atoms with Gasteiger partial charge in [-0.1, -0.05) is 0 Å². The molecule has 0 bridgehead atoms. The second kappa shape index (κ2) is 5.27. The van der Waals surface area contributed by atoms with Gasteiger partial charge in [-0.05, 0) is 15.9 Å². The molecule has 1 aromatic rings. The maximum atomic E-state index is 5.89. The highest BCUT2D eigenvalue weighted by atomic mass is 79.9. The molecule has 0 spiro atoms. The van der Waals surface area contributed by atoms with E-state index < -0.39 is 0 Å². The van der Waals surface area contributed by atoms with Gasteiger partial charge in [0, 0.05) is 26.7 Å². The largest absolute Gasteiger partial charge is 0.379 e. The molecule has 0 aliphatic carbocycles. The summed E-state index contributed by atoms with van der Waals surface area (Å²) in [6, 6.07) is 0.214. The standard InChI is InChI=1S/C10H17BrN4O/c1-14-7-13-10(11)9(14)8(6-12)15-2-4-16-5-3-15/h7-8H,2-6,12H2,1H3. The van der Waals surface area contributed by atoms with E-state index in [9.17, 15) is 0 Å². The number of hydrogen-bond donors (Lipinski definition) is 1. The van der Waals surface area contributed by atoms with Crippen molar-refractivity contribution in [2.45, 2.75) is 6.04 Å². The third-order valence-electron chi connectivity index (χ3n) is 2.96. The number of nitrogens with two attached hydrogens (primary N) is 1. The quantitative estimate of drug-likeness (QED) is 0.881. The Morgan fingerprint density at radius 3 is 2.75 bits per heavy atom. The van der Waals surface area contributed by atoms with Crippen LogP contribution in [0.15, 0.2) is 10.9 Å². The molecule has 2 N–H and O–H groups in total. The fourth-order valence-electron chi connectivity index (χ4n) is 2.11. The number of aromatic nitrogens is 2. The minimum Gasteiger partial charge on any atom is -0.379 e. The molecule has 1 atom stereocenters. The molecule has 1 aromatic heterocycles. The normalized spacial score (nSPS) is 19.9. The zero-order valence-electron chi connectivity index (χ0n) is 9.40. The molecule has 1 aliphatic rings. The molecule has 0 radical (unpaired) electrons. The average Bonchev–Trinajstić information content (AvgIpc) is 2.63. The molecular formula is C10H17BrN4O. The maximum Gasteiger partial charge on any atom is 0.128 e. The van der Waals surface area contributed by atoms with Crippen molar-refractivity contribution in [2.24, 2.45) is 12.8 Å². The number of hydrogen-bond acceptors (Lipinski definition) is 4. The molecular weight excluding hydrogens is 272 g/mol. The van der Waals surface area contributed by atoms with Gasteiger partial charge in [0.25, 0.3) is 0 Å². The summed E-state index contributed by atoms with van der Waals surface area (Å²) in [5.74, 6) is 0. The first-order valence-corrected chi connectivity index (χ1v) is 6.22. The zero-order chi connectivity index (χ0) is 11.5. The van der Waals surface area contributed by atoms with Crippen molar-refractivity contribution in [2.75, 3.05) is 32.8 Å². The fraction of sp³-hybridized carbons (Fsp3) is 0.700. The van der Waals surface area contributed by atoms with Gasteiger partial charge >= 0.3 is 0 Å². The molecule has 1 fully saturated rings. The van der Waals surface area contributed by atoms with Crippen LogP contribution in [-0.4, -0.2) is 47.3 Å². The average molecular weight is 289 g/mol. The zero-order valence-corrected chi connectivity index (χ0v) is 11.0. The summed E-state index contributed by atoms with van der Waals surface area (Å²) in [6.45, 7) is 4.02. The Morgan fingerprint density at radius 2 is 2.25 bits per heavy atom. The van der Waals surface area contributed by atoms with Crippen molar-refractivity contribution in [1.82, 2.24) is 14.5 Å². The third-order valence-corrected chi connectivity index (χ3v) is 3.57. The fourth-order valence-corrected chi connectivity index (χ4v) is 2.74. The third kappa shape index (κ3) is 2.29. The van der Waals surface area contributed by atoms with E-state index in [1.165, 1.54) is 0 Å². The van der Waals surface area contributed by atoms with E-state index in [-0.39, 0.29) is 6.04 Å². The van der Waals surface area contributed by atoms with E-state index >= 15 is 0 Å². The van der Waals surface area contributed by atoms with Crippen LogP contribution >= 0.6 is 15.9 Å². The minimum atomic E-state index is 0.214. The molecule has 0 amide bonds. The predicted molar refractivity (Wildman–Crippen MR) is 65.1 cm³/mol. The second-order valence-corrected chi connectivity index (χ2v) is 4.68. The maximum absolute atomic E-state index is 5.89. The van der Waals surface area contributed by atoms with E-state index in [0.29, 0.717) is 6.54 Å². The van der Waals surface area contributed by atoms with E-state index in [2.05, 4.69) is 25.8 Å². The molecule has 0 saturated carbocycles. The Labute approximate surface area is 104 Å². The number of nitrogens with zero attached hydrogens (tertiary/aromatic N) is 3. The van der Waals surface area contributed by atoms with Crippen LogP contribution in [0.4, 0.5) is 0 Å². The predicted octanol–water partition coefficient (Wildman–Crippen LogP) is 0.515. The van der Waals surface area contributed by atoms with Gasteiger partial charge in [-0.25, -0.2) is 4.98 Å². The highest BCUT2D eigenvalue weighted by molar-refractivity contribution is 9.10. The summed E-state index contributed by atoms with van der Waals surface area (Å²) in [6.07, 6.45) is 1.81. The summed E-state index contributed by atoms with van der Waals surface area (Å²) in [5.41, 5.74) is 7.03. The Kier molecular flexibility index (Phi) is 3.96. The van der Waals surface area contributed by atoms with Crippen molar-refractivity contribution in [3.8, 4) is 0 Å². The van der Waals surface area contributed by atoms with Crippen LogP contribution < -0.4 is 5.73 Å². The molecule has 2 heterocycles. The van der Waals surface area contributed by atoms with Crippen LogP contribution in [0.3, 0.4) is 0 Å². The lowest BCUT2D eigenvalue weighted by Gasteiger charge is -2.34. The molecule has 6 heteroatoms. The van der Waals surface area contributed by atoms with Crippen molar-refractivity contribution in [3.05, 3.63) is 16.6 Å². The Hall–Kier alpha value is -0.430. The SMILES string of the molecule is Cn1cnc(Br)c1C(CN)N1CCOCC1. The van der Waals surface area contributed by atoms with Crippen LogP contribution in [-0.2, 0) is 11.8 Å². The number of ether oxygens (including phenoxy) is 1. The molecule has 5 nitrogen and oxygen atoms in total. The van der Waals surface area contributed by atoms with Crippen LogP contribution in [0.2, 0.25) is 0 Å². The van der Waals surface area contributed by atoms with Gasteiger partial charge in [-0.3, -0.25) is 4.90 Å². The van der Waals surface area contributed by atoms with Crippen LogP contribution in [0, 0.1) is 0 Å². The number of aryl methyl sites for hydroxylation is 1. The minimum absolute atomic E-state index is 0.214. The van der Waals surface area contributed by atoms with Crippen LogP contribution in [0.5, 0.6) is 0 Å². The van der Waals surface area contributed by atoms with Gasteiger partial charge in [-0.15, -0.1) is 0 Å². The van der Waals surface area contributed by atoms with E-state index in [1.807, 2.05) is 17.9 Å². The molecule has 1 unspecified atom stereocenters. The molecule has 16 heavy (non-hydrogen) atoms. The lowest BCUT2D eigenvalue weighted by atomic mass is 10.1. The topological polar surface area (TPSA) is 56.3 Å². The van der Waals surface area contributed by atoms with Gasteiger partial charge in [0.15, 0.2) is 0 Å². The van der Waals surface area contributed by atoms with E-state index in [0.717, 1.165) is 36.6 Å². The van der Waals surface area contributed by atoms with Crippen molar-refractivity contribution < 1.29 is 4.74 Å². The van der Waals surface area contributed by atoms with Gasteiger partial charge in [0.1, 0.15) is 4.60 Å². The van der Waals surface area contributed by atoms with Gasteiger partial charge in [0.2, 0.25) is 0 Å². The first-order chi connectivity index (χ1) is 7.74. The highest BCUT2D eigenvalue weighted by Crippen LogP contribution is 2.26. The number of halogens is 1. The van der Waals surface area contributed by atoms with Gasteiger partial charge in [0.05, 0.1) is 31.3 Å². The lowest BCUT2D eigenvalue weighted by molar-refractivity contribution is 0.0163. The second-order valence-electron chi connectivity index (χ2n) is 3.93. The summed E-state index contributed by atoms with van der Waals surface area (Å²) in [7, 11) is 2.00. The van der Waals surface area contributed by atoms with Crippen molar-refractivity contribution >= 4 is 15.9 Å². The van der Waals surface area contributed by atoms with E-state index in [4.69, 9.17) is 10.5 Å². The summed E-state index contributed by atoms with van der Waals surface area (Å²) >= 11 is 3.48. The van der Waals surface area contributed by atoms with Gasteiger partial charge < -0.3 is 15.0 Å². The monoisotopic (exact) mass is 288 g/mol. The van der Waals surface area contributed by atoms with E-state index in [1.54, 1.807) is 0 Å².